The summed E-state index contributed by atoms with van der Waals surface area (Å²) < 4.78 is 20.2. The Morgan fingerprint density at radius 1 is 0.775 bits per heavy atom. The molecule has 0 N–H and O–H groups in total. The standard InChI is InChI=1S/C36H57NO3/c1-6-7-8-9-19-26-40-36(37(5)25-18-12-17-24-35(2,3)4)28-33(38-29-31-20-13-10-14-21-31)27-34(36)39-30-32-22-15-11-16-23-32/h10-11,13-16,20-23,33-34H,6-9,12,17-19,24-30H2,1-5H3/t33-,34+,36-/m1/s1. The van der Waals surface area contributed by atoms with E-state index < -0.39 is 5.72 Å². The van der Waals surface area contributed by atoms with Crippen LogP contribution in [0.4, 0.5) is 0 Å². The Bertz CT molecular complexity index is 913. The molecule has 0 heterocycles. The fourth-order valence-electron chi connectivity index (χ4n) is 5.84. The second-order valence-electron chi connectivity index (χ2n) is 13.0. The summed E-state index contributed by atoms with van der Waals surface area (Å²) in [4.78, 5) is 2.47. The van der Waals surface area contributed by atoms with Crippen molar-refractivity contribution in [1.82, 2.24) is 4.90 Å². The quantitative estimate of drug-likeness (QED) is 0.129. The van der Waals surface area contributed by atoms with E-state index in [0.29, 0.717) is 18.6 Å². The molecule has 1 aliphatic rings. The highest BCUT2D eigenvalue weighted by molar-refractivity contribution is 5.15. The summed E-state index contributed by atoms with van der Waals surface area (Å²) >= 11 is 0. The predicted octanol–water partition coefficient (Wildman–Crippen LogP) is 9.17. The van der Waals surface area contributed by atoms with Gasteiger partial charge in [-0.05, 0) is 42.9 Å². The predicted molar refractivity (Wildman–Crippen MR) is 167 cm³/mol. The third-order valence-corrected chi connectivity index (χ3v) is 8.29. The van der Waals surface area contributed by atoms with Crippen molar-refractivity contribution in [1.29, 1.82) is 0 Å². The van der Waals surface area contributed by atoms with E-state index in [1.165, 1.54) is 62.5 Å². The molecule has 224 valence electrons. The summed E-state index contributed by atoms with van der Waals surface area (Å²) in [6, 6.07) is 21.0. The average Bonchev–Trinajstić information content (AvgIpc) is 3.31. The zero-order chi connectivity index (χ0) is 28.7. The van der Waals surface area contributed by atoms with Crippen LogP contribution in [0.15, 0.2) is 60.7 Å². The smallest absolute Gasteiger partial charge is 0.150 e. The van der Waals surface area contributed by atoms with Crippen LogP contribution >= 0.6 is 0 Å². The van der Waals surface area contributed by atoms with Crippen LogP contribution in [-0.4, -0.2) is 43.0 Å². The molecule has 0 aliphatic heterocycles. The molecule has 40 heavy (non-hydrogen) atoms. The maximum absolute atomic E-state index is 6.95. The van der Waals surface area contributed by atoms with Crippen LogP contribution in [0.1, 0.15) is 109 Å². The van der Waals surface area contributed by atoms with Gasteiger partial charge in [0, 0.05) is 26.0 Å². The molecule has 0 aromatic heterocycles. The van der Waals surface area contributed by atoms with Gasteiger partial charge < -0.3 is 14.2 Å². The van der Waals surface area contributed by atoms with Crippen molar-refractivity contribution in [2.24, 2.45) is 5.41 Å². The molecule has 1 aliphatic carbocycles. The largest absolute Gasteiger partial charge is 0.373 e. The fraction of sp³-hybridized carbons (Fsp3) is 0.667. The summed E-state index contributed by atoms with van der Waals surface area (Å²) in [5, 5.41) is 0. The number of hydrogen-bond acceptors (Lipinski definition) is 4. The van der Waals surface area contributed by atoms with Crippen LogP contribution in [0.2, 0.25) is 0 Å². The Morgan fingerprint density at radius 3 is 2.00 bits per heavy atom. The molecule has 0 bridgehead atoms. The molecular formula is C36H57NO3. The van der Waals surface area contributed by atoms with Crippen LogP contribution in [0, 0.1) is 5.41 Å². The van der Waals surface area contributed by atoms with Crippen molar-refractivity contribution in [3.63, 3.8) is 0 Å². The highest BCUT2D eigenvalue weighted by Gasteiger charge is 2.52. The number of hydrogen-bond donors (Lipinski definition) is 0. The summed E-state index contributed by atoms with van der Waals surface area (Å²) in [6.45, 7) is 12.3. The minimum atomic E-state index is -0.467. The summed E-state index contributed by atoms with van der Waals surface area (Å²) in [7, 11) is 2.25. The van der Waals surface area contributed by atoms with Gasteiger partial charge in [0.1, 0.15) is 11.8 Å². The summed E-state index contributed by atoms with van der Waals surface area (Å²) in [5.74, 6) is 0. The first-order valence-electron chi connectivity index (χ1n) is 16.0. The van der Waals surface area contributed by atoms with Crippen molar-refractivity contribution in [3.8, 4) is 0 Å². The highest BCUT2D eigenvalue weighted by Crippen LogP contribution is 2.41. The van der Waals surface area contributed by atoms with Crippen LogP contribution in [0.25, 0.3) is 0 Å². The Kier molecular flexibility index (Phi) is 14.2. The summed E-state index contributed by atoms with van der Waals surface area (Å²) in [5.41, 5.74) is 2.35. The molecule has 0 radical (unpaired) electrons. The third-order valence-electron chi connectivity index (χ3n) is 8.29. The first-order valence-corrected chi connectivity index (χ1v) is 16.0. The van der Waals surface area contributed by atoms with E-state index in [2.05, 4.69) is 100 Å². The lowest BCUT2D eigenvalue weighted by atomic mass is 9.89. The number of unbranched alkanes of at least 4 members (excludes halogenated alkanes) is 6. The van der Waals surface area contributed by atoms with Gasteiger partial charge in [0.2, 0.25) is 0 Å². The molecule has 4 nitrogen and oxygen atoms in total. The van der Waals surface area contributed by atoms with Crippen molar-refractivity contribution in [2.45, 2.75) is 129 Å². The van der Waals surface area contributed by atoms with E-state index in [0.717, 1.165) is 32.4 Å². The zero-order valence-corrected chi connectivity index (χ0v) is 26.2. The van der Waals surface area contributed by atoms with Crippen molar-refractivity contribution >= 4 is 0 Å². The first-order chi connectivity index (χ1) is 19.3. The minimum absolute atomic E-state index is 0.0382. The molecule has 3 rings (SSSR count). The molecule has 3 atom stereocenters. The number of likely N-dealkylation sites (N-methyl/N-ethyl adjacent to an activating group) is 1. The molecule has 2 aromatic rings. The minimum Gasteiger partial charge on any atom is -0.373 e. The van der Waals surface area contributed by atoms with Gasteiger partial charge in [0.15, 0.2) is 0 Å². The van der Waals surface area contributed by atoms with Crippen LogP contribution in [-0.2, 0) is 27.4 Å². The van der Waals surface area contributed by atoms with E-state index in [9.17, 15) is 0 Å². The number of ether oxygens (including phenoxy) is 3. The van der Waals surface area contributed by atoms with E-state index in [1.807, 2.05) is 0 Å². The maximum Gasteiger partial charge on any atom is 0.150 e. The molecule has 1 saturated carbocycles. The Morgan fingerprint density at radius 2 is 1.38 bits per heavy atom. The SMILES string of the molecule is CCCCCCCO[C@]1(N(C)CCCCCC(C)(C)C)C[C@H](OCc2ccccc2)C[C@@H]1OCc1ccccc1. The van der Waals surface area contributed by atoms with Gasteiger partial charge in [-0.15, -0.1) is 0 Å². The van der Waals surface area contributed by atoms with Crippen molar-refractivity contribution in [3.05, 3.63) is 71.8 Å². The fourth-order valence-corrected chi connectivity index (χ4v) is 5.84. The van der Waals surface area contributed by atoms with E-state index in [-0.39, 0.29) is 12.2 Å². The van der Waals surface area contributed by atoms with Crippen LogP contribution < -0.4 is 0 Å². The second-order valence-corrected chi connectivity index (χ2v) is 13.0. The van der Waals surface area contributed by atoms with E-state index in [1.54, 1.807) is 0 Å². The lowest BCUT2D eigenvalue weighted by molar-refractivity contribution is -0.211. The Labute approximate surface area is 245 Å². The van der Waals surface area contributed by atoms with Crippen LogP contribution in [0.5, 0.6) is 0 Å². The van der Waals surface area contributed by atoms with Crippen molar-refractivity contribution in [2.75, 3.05) is 20.2 Å². The van der Waals surface area contributed by atoms with Gasteiger partial charge in [-0.25, -0.2) is 0 Å². The molecule has 4 heteroatoms. The van der Waals surface area contributed by atoms with Crippen molar-refractivity contribution < 1.29 is 14.2 Å². The van der Waals surface area contributed by atoms with Gasteiger partial charge in [-0.3, -0.25) is 4.90 Å². The number of nitrogens with zero attached hydrogens (tertiary/aromatic N) is 1. The Hall–Kier alpha value is -1.72. The lowest BCUT2D eigenvalue weighted by Crippen LogP contribution is -2.55. The topological polar surface area (TPSA) is 30.9 Å². The molecule has 1 fully saturated rings. The zero-order valence-electron chi connectivity index (χ0n) is 26.2. The molecule has 0 spiro atoms. The summed E-state index contributed by atoms with van der Waals surface area (Å²) in [6.07, 6.45) is 12.9. The first kappa shape index (κ1) is 32.8. The maximum atomic E-state index is 6.95. The Balaban J connectivity index is 1.71. The number of rotatable bonds is 19. The van der Waals surface area contributed by atoms with Crippen LogP contribution in [0.3, 0.4) is 0 Å². The average molecular weight is 552 g/mol. The van der Waals surface area contributed by atoms with E-state index in [4.69, 9.17) is 14.2 Å². The van der Waals surface area contributed by atoms with Gasteiger partial charge >= 0.3 is 0 Å². The monoisotopic (exact) mass is 551 g/mol. The molecule has 0 unspecified atom stereocenters. The molecule has 2 aromatic carbocycles. The van der Waals surface area contributed by atoms with Gasteiger partial charge in [-0.1, -0.05) is 127 Å². The lowest BCUT2D eigenvalue weighted by Gasteiger charge is -2.43. The molecule has 0 saturated heterocycles. The molecule has 0 amide bonds. The van der Waals surface area contributed by atoms with Gasteiger partial charge in [0.05, 0.1) is 19.3 Å². The molecular weight excluding hydrogens is 494 g/mol. The second kappa shape index (κ2) is 17.3. The van der Waals surface area contributed by atoms with Gasteiger partial charge in [0.25, 0.3) is 0 Å². The van der Waals surface area contributed by atoms with Gasteiger partial charge in [-0.2, -0.15) is 0 Å². The van der Waals surface area contributed by atoms with E-state index >= 15 is 0 Å². The highest BCUT2D eigenvalue weighted by atomic mass is 16.6. The third kappa shape index (κ3) is 11.3. The number of benzene rings is 2. The normalized spacial score (nSPS) is 21.4.